The van der Waals surface area contributed by atoms with E-state index in [4.69, 9.17) is 16.3 Å². The topological polar surface area (TPSA) is 81.5 Å². The van der Waals surface area contributed by atoms with Gasteiger partial charge in [0.15, 0.2) is 5.60 Å². The molecule has 126 valence electrons. The van der Waals surface area contributed by atoms with Crippen molar-refractivity contribution >= 4 is 28.9 Å². The fraction of sp³-hybridized carbons (Fsp3) is 0.235. The highest BCUT2D eigenvalue weighted by Crippen LogP contribution is 2.25. The van der Waals surface area contributed by atoms with E-state index in [9.17, 15) is 14.9 Å². The number of carbonyl (C=O) groups excluding carboxylic acids is 1. The first kappa shape index (κ1) is 17.7. The van der Waals surface area contributed by atoms with Gasteiger partial charge in [0.1, 0.15) is 5.75 Å². The summed E-state index contributed by atoms with van der Waals surface area (Å²) in [5.41, 5.74) is -0.171. The second kappa shape index (κ2) is 6.88. The zero-order valence-corrected chi connectivity index (χ0v) is 14.3. The molecule has 0 saturated heterocycles. The van der Waals surface area contributed by atoms with E-state index in [-0.39, 0.29) is 5.69 Å². The molecule has 0 unspecified atom stereocenters. The largest absolute Gasteiger partial charge is 0.478 e. The highest BCUT2D eigenvalue weighted by atomic mass is 35.5. The number of rotatable bonds is 5. The average molecular weight is 349 g/mol. The quantitative estimate of drug-likeness (QED) is 0.643. The predicted molar refractivity (Wildman–Crippen MR) is 92.6 cm³/mol. The Morgan fingerprint density at radius 3 is 2.42 bits per heavy atom. The minimum atomic E-state index is -1.18. The molecule has 1 N–H and O–H groups in total. The molecule has 0 aliphatic carbocycles. The molecule has 7 heteroatoms. The zero-order valence-electron chi connectivity index (χ0n) is 13.5. The Kier molecular flexibility index (Phi) is 5.09. The Balaban J connectivity index is 2.17. The third-order valence-corrected chi connectivity index (χ3v) is 3.67. The summed E-state index contributed by atoms with van der Waals surface area (Å²) >= 11 is 5.82. The van der Waals surface area contributed by atoms with Crippen molar-refractivity contribution in [2.24, 2.45) is 0 Å². The van der Waals surface area contributed by atoms with Crippen molar-refractivity contribution in [3.8, 4) is 5.75 Å². The molecule has 0 aliphatic rings. The van der Waals surface area contributed by atoms with Crippen LogP contribution in [0.5, 0.6) is 5.75 Å². The Bertz CT molecular complexity index is 773. The molecule has 0 saturated carbocycles. The van der Waals surface area contributed by atoms with Crippen molar-refractivity contribution in [3.63, 3.8) is 0 Å². The molecule has 0 atom stereocenters. The number of carbonyl (C=O) groups is 1. The van der Waals surface area contributed by atoms with E-state index in [1.807, 2.05) is 0 Å². The van der Waals surface area contributed by atoms with Gasteiger partial charge in [-0.1, -0.05) is 17.7 Å². The molecule has 0 heterocycles. The predicted octanol–water partition coefficient (Wildman–Crippen LogP) is 4.35. The Hall–Kier alpha value is -2.60. The van der Waals surface area contributed by atoms with Gasteiger partial charge in [-0.3, -0.25) is 14.9 Å². The molecule has 2 aromatic carbocycles. The van der Waals surface area contributed by atoms with Crippen LogP contribution in [0.4, 0.5) is 11.4 Å². The van der Waals surface area contributed by atoms with Gasteiger partial charge in [0.2, 0.25) is 0 Å². The van der Waals surface area contributed by atoms with Crippen molar-refractivity contribution in [2.75, 3.05) is 5.32 Å². The lowest BCUT2D eigenvalue weighted by molar-refractivity contribution is -0.384. The molecule has 0 aliphatic heterocycles. The monoisotopic (exact) mass is 348 g/mol. The molecule has 2 aromatic rings. The molecule has 6 nitrogen and oxygen atoms in total. The maximum Gasteiger partial charge on any atom is 0.271 e. The zero-order chi connectivity index (χ0) is 17.9. The molecular formula is C17H17ClN2O4. The van der Waals surface area contributed by atoms with Gasteiger partial charge in [-0.05, 0) is 50.6 Å². The van der Waals surface area contributed by atoms with Crippen LogP contribution in [0.2, 0.25) is 5.02 Å². The smallest absolute Gasteiger partial charge is 0.271 e. The van der Waals surface area contributed by atoms with Crippen LogP contribution in [-0.4, -0.2) is 16.4 Å². The number of hydrogen-bond acceptors (Lipinski definition) is 4. The highest BCUT2D eigenvalue weighted by molar-refractivity contribution is 6.30. The minimum absolute atomic E-state index is 0.0904. The van der Waals surface area contributed by atoms with Crippen LogP contribution in [-0.2, 0) is 4.79 Å². The number of nitro groups is 1. The van der Waals surface area contributed by atoms with Crippen LogP contribution in [0.3, 0.4) is 0 Å². The minimum Gasteiger partial charge on any atom is -0.478 e. The summed E-state index contributed by atoms with van der Waals surface area (Å²) in [7, 11) is 0. The number of hydrogen-bond donors (Lipinski definition) is 1. The van der Waals surface area contributed by atoms with Crippen LogP contribution in [0.15, 0.2) is 42.5 Å². The summed E-state index contributed by atoms with van der Waals surface area (Å²) in [4.78, 5) is 22.9. The van der Waals surface area contributed by atoms with Crippen molar-refractivity contribution in [3.05, 3.63) is 63.2 Å². The maximum absolute atomic E-state index is 12.5. The number of nitro benzene ring substituents is 1. The molecule has 0 aromatic heterocycles. The number of aryl methyl sites for hydroxylation is 1. The maximum atomic E-state index is 12.5. The van der Waals surface area contributed by atoms with E-state index < -0.39 is 16.4 Å². The van der Waals surface area contributed by atoms with Crippen molar-refractivity contribution < 1.29 is 14.5 Å². The van der Waals surface area contributed by atoms with Gasteiger partial charge in [-0.2, -0.15) is 0 Å². The van der Waals surface area contributed by atoms with E-state index in [1.165, 1.54) is 12.1 Å². The van der Waals surface area contributed by atoms with Gasteiger partial charge < -0.3 is 10.1 Å². The number of nitrogens with zero attached hydrogens (tertiary/aromatic N) is 1. The number of benzene rings is 2. The first-order valence-corrected chi connectivity index (χ1v) is 7.58. The average Bonchev–Trinajstić information content (AvgIpc) is 2.51. The summed E-state index contributed by atoms with van der Waals surface area (Å²) in [6.07, 6.45) is 0. The number of halogens is 1. The Morgan fingerprint density at radius 2 is 1.83 bits per heavy atom. The van der Waals surface area contributed by atoms with Crippen LogP contribution in [0.25, 0.3) is 0 Å². The Morgan fingerprint density at radius 1 is 1.21 bits per heavy atom. The normalized spacial score (nSPS) is 11.0. The number of nitrogens with one attached hydrogen (secondary N) is 1. The van der Waals surface area contributed by atoms with E-state index in [0.29, 0.717) is 16.5 Å². The molecule has 0 radical (unpaired) electrons. The number of ether oxygens (including phenoxy) is 1. The lowest BCUT2D eigenvalue weighted by atomic mass is 10.1. The number of anilines is 1. The first-order valence-electron chi connectivity index (χ1n) is 7.20. The Labute approximate surface area is 144 Å². The van der Waals surface area contributed by atoms with Gasteiger partial charge in [-0.15, -0.1) is 0 Å². The van der Waals surface area contributed by atoms with Crippen LogP contribution < -0.4 is 10.1 Å². The lowest BCUT2D eigenvalue weighted by Gasteiger charge is -2.25. The molecule has 2 rings (SSSR count). The molecule has 0 fully saturated rings. The highest BCUT2D eigenvalue weighted by Gasteiger charge is 2.30. The molecule has 0 bridgehead atoms. The van der Waals surface area contributed by atoms with Gasteiger partial charge in [0, 0.05) is 17.2 Å². The van der Waals surface area contributed by atoms with Gasteiger partial charge in [-0.25, -0.2) is 0 Å². The standard InChI is InChI=1S/C17H17ClN2O4/c1-11-4-7-13(20(22)23)10-15(11)19-16(21)17(2,3)24-14-8-5-12(18)6-9-14/h4-10H,1-3H3,(H,19,21). The van der Waals surface area contributed by atoms with Crippen LogP contribution >= 0.6 is 11.6 Å². The molecular weight excluding hydrogens is 332 g/mol. The summed E-state index contributed by atoms with van der Waals surface area (Å²) in [6.45, 7) is 4.99. The van der Waals surface area contributed by atoms with Crippen LogP contribution in [0, 0.1) is 17.0 Å². The van der Waals surface area contributed by atoms with Gasteiger partial charge in [0.05, 0.1) is 10.6 Å². The van der Waals surface area contributed by atoms with Gasteiger partial charge in [0.25, 0.3) is 11.6 Å². The number of amides is 1. The van der Waals surface area contributed by atoms with E-state index in [0.717, 1.165) is 5.56 Å². The lowest BCUT2D eigenvalue weighted by Crippen LogP contribution is -2.42. The van der Waals surface area contributed by atoms with E-state index in [1.54, 1.807) is 51.1 Å². The second-order valence-electron chi connectivity index (χ2n) is 5.78. The van der Waals surface area contributed by atoms with E-state index in [2.05, 4.69) is 5.32 Å². The summed E-state index contributed by atoms with van der Waals surface area (Å²) in [5, 5.41) is 14.1. The fourth-order valence-electron chi connectivity index (χ4n) is 1.97. The SMILES string of the molecule is Cc1ccc([N+](=O)[O-])cc1NC(=O)C(C)(C)Oc1ccc(Cl)cc1. The summed E-state index contributed by atoms with van der Waals surface area (Å²) in [5.74, 6) is 0.0800. The third-order valence-electron chi connectivity index (χ3n) is 3.41. The van der Waals surface area contributed by atoms with Crippen molar-refractivity contribution in [1.82, 2.24) is 0 Å². The fourth-order valence-corrected chi connectivity index (χ4v) is 2.10. The third kappa shape index (κ3) is 4.23. The molecule has 1 amide bonds. The molecule has 0 spiro atoms. The summed E-state index contributed by atoms with van der Waals surface area (Å²) in [6, 6.07) is 10.9. The van der Waals surface area contributed by atoms with E-state index >= 15 is 0 Å². The van der Waals surface area contributed by atoms with Crippen molar-refractivity contribution in [2.45, 2.75) is 26.4 Å². The van der Waals surface area contributed by atoms with Crippen LogP contribution in [0.1, 0.15) is 19.4 Å². The second-order valence-corrected chi connectivity index (χ2v) is 6.21. The van der Waals surface area contributed by atoms with Gasteiger partial charge >= 0.3 is 0 Å². The first-order chi connectivity index (χ1) is 11.2. The van der Waals surface area contributed by atoms with Crippen molar-refractivity contribution in [1.29, 1.82) is 0 Å². The number of non-ortho nitro benzene ring substituents is 1. The molecule has 24 heavy (non-hydrogen) atoms. The summed E-state index contributed by atoms with van der Waals surface area (Å²) < 4.78 is 5.70.